The van der Waals surface area contributed by atoms with E-state index in [1.807, 2.05) is 27.8 Å². The second kappa shape index (κ2) is 12.0. The van der Waals surface area contributed by atoms with Crippen LogP contribution in [0.2, 0.25) is 0 Å². The first kappa shape index (κ1) is 22.7. The molecule has 7 heteroatoms. The molecule has 0 aliphatic carbocycles. The molecular formula is C24H34N4OS2. The lowest BCUT2D eigenvalue weighted by atomic mass is 10.1. The number of hydrogen-bond acceptors (Lipinski definition) is 5. The van der Waals surface area contributed by atoms with Crippen molar-refractivity contribution >= 4 is 27.5 Å². The second-order valence-corrected chi connectivity index (χ2v) is 11.3. The van der Waals surface area contributed by atoms with Crippen molar-refractivity contribution in [1.29, 1.82) is 0 Å². The zero-order valence-electron chi connectivity index (χ0n) is 18.3. The van der Waals surface area contributed by atoms with E-state index in [1.165, 1.54) is 30.6 Å². The van der Waals surface area contributed by atoms with Gasteiger partial charge in [-0.15, -0.1) is 0 Å². The maximum Gasteiger partial charge on any atom is 0.222 e. The summed E-state index contributed by atoms with van der Waals surface area (Å²) in [6.07, 6.45) is 10.6. The van der Waals surface area contributed by atoms with Crippen LogP contribution in [-0.4, -0.2) is 62.4 Å². The number of aromatic nitrogens is 2. The van der Waals surface area contributed by atoms with E-state index >= 15 is 0 Å². The van der Waals surface area contributed by atoms with E-state index in [2.05, 4.69) is 55.9 Å². The topological polar surface area (TPSA) is 41.4 Å². The molecule has 1 atom stereocenters. The second-order valence-electron chi connectivity index (χ2n) is 8.54. The molecule has 1 aromatic heterocycles. The molecule has 5 nitrogen and oxygen atoms in total. The van der Waals surface area contributed by atoms with Gasteiger partial charge in [-0.3, -0.25) is 9.69 Å². The Bertz CT molecular complexity index is 807. The minimum absolute atomic E-state index is 0.348. The maximum atomic E-state index is 12.7. The van der Waals surface area contributed by atoms with Gasteiger partial charge in [0.1, 0.15) is 5.82 Å². The third-order valence-electron chi connectivity index (χ3n) is 6.20. The van der Waals surface area contributed by atoms with Gasteiger partial charge < -0.3 is 9.47 Å². The normalized spacial score (nSPS) is 20.1. The molecule has 1 aromatic carbocycles. The molecule has 168 valence electrons. The van der Waals surface area contributed by atoms with Gasteiger partial charge in [0, 0.05) is 62.5 Å². The van der Waals surface area contributed by atoms with Crippen molar-refractivity contribution in [3.63, 3.8) is 0 Å². The van der Waals surface area contributed by atoms with Crippen LogP contribution < -0.4 is 0 Å². The van der Waals surface area contributed by atoms with E-state index < -0.39 is 0 Å². The molecule has 1 unspecified atom stereocenters. The smallest absolute Gasteiger partial charge is 0.222 e. The number of imidazole rings is 1. The van der Waals surface area contributed by atoms with E-state index in [9.17, 15) is 4.79 Å². The minimum atomic E-state index is 0.348. The molecule has 0 radical (unpaired) electrons. The van der Waals surface area contributed by atoms with Gasteiger partial charge in [-0.2, -0.15) is 0 Å². The standard InChI is InChI=1S/C24H34N4OS2/c29-24(10-5-4-9-22-11-18-30-31-22)27-14-6-13-26(16-17-27)20-23-25-12-15-28(23)19-21-7-2-1-3-8-21/h1-3,7-8,12,15,22H,4-6,9-11,13-14,16-20H2. The molecule has 0 saturated carbocycles. The van der Waals surface area contributed by atoms with E-state index in [4.69, 9.17) is 0 Å². The number of carbonyl (C=O) groups excluding carboxylic acids is 1. The van der Waals surface area contributed by atoms with Crippen molar-refractivity contribution in [1.82, 2.24) is 19.4 Å². The van der Waals surface area contributed by atoms with Gasteiger partial charge in [0.05, 0.1) is 6.54 Å². The summed E-state index contributed by atoms with van der Waals surface area (Å²) in [5, 5.41) is 0.821. The van der Waals surface area contributed by atoms with Gasteiger partial charge in [0.15, 0.2) is 0 Å². The van der Waals surface area contributed by atoms with Crippen molar-refractivity contribution < 1.29 is 4.79 Å². The van der Waals surface area contributed by atoms with Gasteiger partial charge in [-0.1, -0.05) is 58.3 Å². The lowest BCUT2D eigenvalue weighted by Gasteiger charge is -2.22. The van der Waals surface area contributed by atoms with Crippen molar-refractivity contribution in [2.45, 2.75) is 56.9 Å². The molecule has 2 aliphatic heterocycles. The number of carbonyl (C=O) groups is 1. The molecule has 2 fully saturated rings. The van der Waals surface area contributed by atoms with Crippen LogP contribution in [0, 0.1) is 0 Å². The number of nitrogens with zero attached hydrogens (tertiary/aromatic N) is 4. The lowest BCUT2D eigenvalue weighted by Crippen LogP contribution is -2.35. The monoisotopic (exact) mass is 458 g/mol. The molecule has 0 spiro atoms. The molecule has 0 N–H and O–H groups in total. The average Bonchev–Trinajstić information content (AvgIpc) is 3.40. The van der Waals surface area contributed by atoms with Crippen LogP contribution >= 0.6 is 21.6 Å². The number of unbranched alkanes of at least 4 members (excludes halogenated alkanes) is 1. The zero-order valence-corrected chi connectivity index (χ0v) is 20.0. The largest absolute Gasteiger partial charge is 0.341 e. The zero-order chi connectivity index (χ0) is 21.3. The lowest BCUT2D eigenvalue weighted by molar-refractivity contribution is -0.131. The SMILES string of the molecule is O=C(CCCCC1CCSS1)N1CCCN(Cc2nccn2Cc2ccccc2)CC1. The Labute approximate surface area is 194 Å². The quantitative estimate of drug-likeness (QED) is 0.403. The Morgan fingerprint density at radius 1 is 1.06 bits per heavy atom. The van der Waals surface area contributed by atoms with Crippen LogP contribution in [-0.2, 0) is 17.9 Å². The Morgan fingerprint density at radius 2 is 1.97 bits per heavy atom. The third kappa shape index (κ3) is 7.02. The van der Waals surface area contributed by atoms with Crippen molar-refractivity contribution in [3.05, 3.63) is 54.1 Å². The molecule has 31 heavy (non-hydrogen) atoms. The van der Waals surface area contributed by atoms with Crippen molar-refractivity contribution in [3.8, 4) is 0 Å². The Hall–Kier alpha value is -1.44. The Balaban J connectivity index is 1.20. The first-order valence-electron chi connectivity index (χ1n) is 11.6. The maximum absolute atomic E-state index is 12.7. The Kier molecular flexibility index (Phi) is 8.79. The molecule has 2 aliphatic rings. The number of amides is 1. The summed E-state index contributed by atoms with van der Waals surface area (Å²) in [6, 6.07) is 10.5. The fraction of sp³-hybridized carbons (Fsp3) is 0.583. The highest BCUT2D eigenvalue weighted by atomic mass is 33.1. The summed E-state index contributed by atoms with van der Waals surface area (Å²) in [7, 11) is 4.05. The van der Waals surface area contributed by atoms with E-state index in [1.54, 1.807) is 0 Å². The number of benzene rings is 1. The molecule has 1 amide bonds. The summed E-state index contributed by atoms with van der Waals surface area (Å²) in [6.45, 7) is 5.39. The molecule has 2 aromatic rings. The van der Waals surface area contributed by atoms with Crippen molar-refractivity contribution in [2.75, 3.05) is 31.9 Å². The van der Waals surface area contributed by atoms with Gasteiger partial charge in [-0.05, 0) is 31.2 Å². The predicted octanol–water partition coefficient (Wildman–Crippen LogP) is 4.68. The van der Waals surface area contributed by atoms with Crippen LogP contribution in [0.15, 0.2) is 42.7 Å². The van der Waals surface area contributed by atoms with Crippen LogP contribution in [0.5, 0.6) is 0 Å². The summed E-state index contributed by atoms with van der Waals surface area (Å²) >= 11 is 0. The van der Waals surface area contributed by atoms with Gasteiger partial charge in [0.2, 0.25) is 5.91 Å². The van der Waals surface area contributed by atoms with Gasteiger partial charge >= 0.3 is 0 Å². The fourth-order valence-corrected chi connectivity index (χ4v) is 7.39. The van der Waals surface area contributed by atoms with Gasteiger partial charge in [0.25, 0.3) is 0 Å². The third-order valence-corrected chi connectivity index (χ3v) is 9.20. The first-order valence-corrected chi connectivity index (χ1v) is 14.0. The van der Waals surface area contributed by atoms with E-state index in [-0.39, 0.29) is 0 Å². The minimum Gasteiger partial charge on any atom is -0.341 e. The van der Waals surface area contributed by atoms with Crippen LogP contribution in [0.25, 0.3) is 0 Å². The Morgan fingerprint density at radius 3 is 2.81 bits per heavy atom. The summed E-state index contributed by atoms with van der Waals surface area (Å²) in [5.41, 5.74) is 1.29. The first-order chi connectivity index (χ1) is 15.3. The summed E-state index contributed by atoms with van der Waals surface area (Å²) in [4.78, 5) is 21.9. The van der Waals surface area contributed by atoms with E-state index in [0.29, 0.717) is 12.3 Å². The molecule has 4 rings (SSSR count). The molecular weight excluding hydrogens is 424 g/mol. The summed E-state index contributed by atoms with van der Waals surface area (Å²) < 4.78 is 2.24. The number of rotatable bonds is 9. The average molecular weight is 459 g/mol. The molecule has 0 bridgehead atoms. The highest BCUT2D eigenvalue weighted by Gasteiger charge is 2.21. The highest BCUT2D eigenvalue weighted by molar-refractivity contribution is 8.77. The van der Waals surface area contributed by atoms with Crippen molar-refractivity contribution in [2.24, 2.45) is 0 Å². The fourth-order valence-electron chi connectivity index (χ4n) is 4.37. The van der Waals surface area contributed by atoms with Crippen LogP contribution in [0.3, 0.4) is 0 Å². The van der Waals surface area contributed by atoms with Gasteiger partial charge in [-0.25, -0.2) is 4.98 Å². The number of hydrogen-bond donors (Lipinski definition) is 0. The molecule has 2 saturated heterocycles. The van der Waals surface area contributed by atoms with Crippen LogP contribution in [0.1, 0.15) is 49.9 Å². The molecule has 3 heterocycles. The highest BCUT2D eigenvalue weighted by Crippen LogP contribution is 2.39. The summed E-state index contributed by atoms with van der Waals surface area (Å²) in [5.74, 6) is 2.75. The predicted molar refractivity (Wildman–Crippen MR) is 131 cm³/mol. The van der Waals surface area contributed by atoms with Crippen LogP contribution in [0.4, 0.5) is 0 Å². The van der Waals surface area contributed by atoms with E-state index in [0.717, 1.165) is 63.2 Å².